The summed E-state index contributed by atoms with van der Waals surface area (Å²) in [5, 5.41) is 3.50. The predicted molar refractivity (Wildman–Crippen MR) is 87.6 cm³/mol. The van der Waals surface area contributed by atoms with E-state index in [2.05, 4.69) is 21.2 Å². The Hall–Kier alpha value is -1.52. The molecule has 110 valence electrons. The normalized spacial score (nSPS) is 11.8. The van der Waals surface area contributed by atoms with Crippen LogP contribution in [0.2, 0.25) is 5.02 Å². The van der Waals surface area contributed by atoms with E-state index >= 15 is 0 Å². The molecule has 0 aliphatic rings. The monoisotopic (exact) mass is 367 g/mol. The minimum Gasteiger partial charge on any atom is -0.484 e. The number of rotatable bonds is 5. The fraction of sp³-hybridized carbons (Fsp3) is 0.188. The van der Waals surface area contributed by atoms with Crippen molar-refractivity contribution in [3.05, 3.63) is 63.6 Å². The van der Waals surface area contributed by atoms with Gasteiger partial charge < -0.3 is 10.1 Å². The van der Waals surface area contributed by atoms with Gasteiger partial charge in [0.25, 0.3) is 5.91 Å². The maximum absolute atomic E-state index is 11.9. The first-order chi connectivity index (χ1) is 10.1. The summed E-state index contributed by atoms with van der Waals surface area (Å²) in [5.74, 6) is 0.451. The number of hydrogen-bond acceptors (Lipinski definition) is 2. The van der Waals surface area contributed by atoms with E-state index in [-0.39, 0.29) is 18.6 Å². The van der Waals surface area contributed by atoms with Crippen LogP contribution >= 0.6 is 27.5 Å². The quantitative estimate of drug-likeness (QED) is 0.851. The second-order valence-corrected chi connectivity index (χ2v) is 5.88. The summed E-state index contributed by atoms with van der Waals surface area (Å²) in [4.78, 5) is 11.9. The van der Waals surface area contributed by atoms with E-state index in [1.807, 2.05) is 43.3 Å². The summed E-state index contributed by atoms with van der Waals surface area (Å²) in [7, 11) is 0. The van der Waals surface area contributed by atoms with Crippen molar-refractivity contribution in [3.8, 4) is 5.75 Å². The highest BCUT2D eigenvalue weighted by molar-refractivity contribution is 9.10. The molecule has 21 heavy (non-hydrogen) atoms. The molecule has 0 saturated carbocycles. The molecule has 2 rings (SSSR count). The van der Waals surface area contributed by atoms with Crippen molar-refractivity contribution >= 4 is 33.4 Å². The van der Waals surface area contributed by atoms with Gasteiger partial charge in [-0.1, -0.05) is 51.8 Å². The van der Waals surface area contributed by atoms with Gasteiger partial charge in [0.1, 0.15) is 5.75 Å². The van der Waals surface area contributed by atoms with Gasteiger partial charge in [0.05, 0.1) is 6.04 Å². The number of amides is 1. The fourth-order valence-electron chi connectivity index (χ4n) is 1.89. The van der Waals surface area contributed by atoms with E-state index in [1.54, 1.807) is 12.1 Å². The van der Waals surface area contributed by atoms with Crippen molar-refractivity contribution in [3.63, 3.8) is 0 Å². The lowest BCUT2D eigenvalue weighted by Gasteiger charge is -2.16. The van der Waals surface area contributed by atoms with Gasteiger partial charge in [0.15, 0.2) is 6.61 Å². The Morgan fingerprint density at radius 3 is 2.76 bits per heavy atom. The molecule has 5 heteroatoms. The zero-order valence-electron chi connectivity index (χ0n) is 11.5. The molecule has 1 amide bonds. The largest absolute Gasteiger partial charge is 0.484 e. The molecule has 2 aromatic carbocycles. The van der Waals surface area contributed by atoms with Crippen molar-refractivity contribution in [1.29, 1.82) is 0 Å². The molecule has 0 aliphatic carbocycles. The van der Waals surface area contributed by atoms with Crippen molar-refractivity contribution in [1.82, 2.24) is 5.32 Å². The third-order valence-corrected chi connectivity index (χ3v) is 3.75. The van der Waals surface area contributed by atoms with Crippen LogP contribution in [0.4, 0.5) is 0 Å². The van der Waals surface area contributed by atoms with Crippen LogP contribution in [0.15, 0.2) is 53.0 Å². The van der Waals surface area contributed by atoms with Gasteiger partial charge in [0.2, 0.25) is 0 Å². The van der Waals surface area contributed by atoms with Crippen molar-refractivity contribution in [2.24, 2.45) is 0 Å². The van der Waals surface area contributed by atoms with E-state index < -0.39 is 0 Å². The molecule has 0 heterocycles. The molecule has 1 unspecified atom stereocenters. The summed E-state index contributed by atoms with van der Waals surface area (Å²) < 4.78 is 6.35. The molecule has 0 aliphatic heterocycles. The highest BCUT2D eigenvalue weighted by Gasteiger charge is 2.12. The lowest BCUT2D eigenvalue weighted by molar-refractivity contribution is -0.123. The Labute approximate surface area is 137 Å². The van der Waals surface area contributed by atoms with E-state index in [0.717, 1.165) is 10.0 Å². The van der Waals surface area contributed by atoms with Crippen LogP contribution in [0.1, 0.15) is 18.5 Å². The van der Waals surface area contributed by atoms with Gasteiger partial charge in [0, 0.05) is 9.50 Å². The topological polar surface area (TPSA) is 38.3 Å². The number of benzene rings is 2. The Balaban J connectivity index is 1.89. The number of carbonyl (C=O) groups excluding carboxylic acids is 1. The molecular formula is C16H15BrClNO2. The zero-order chi connectivity index (χ0) is 15.2. The van der Waals surface area contributed by atoms with Gasteiger partial charge in [-0.15, -0.1) is 0 Å². The summed E-state index contributed by atoms with van der Waals surface area (Å²) in [6.45, 7) is 1.85. The highest BCUT2D eigenvalue weighted by atomic mass is 79.9. The SMILES string of the molecule is CC(NC(=O)COc1cccc(Br)c1)c1ccccc1Cl. The average Bonchev–Trinajstić information content (AvgIpc) is 2.45. The average molecular weight is 369 g/mol. The maximum Gasteiger partial charge on any atom is 0.258 e. The first-order valence-electron chi connectivity index (χ1n) is 6.48. The van der Waals surface area contributed by atoms with Crippen LogP contribution in [0.3, 0.4) is 0 Å². The number of carbonyl (C=O) groups is 1. The van der Waals surface area contributed by atoms with Crippen LogP contribution in [-0.4, -0.2) is 12.5 Å². The maximum atomic E-state index is 11.9. The number of nitrogens with one attached hydrogen (secondary N) is 1. The molecular weight excluding hydrogens is 354 g/mol. The smallest absolute Gasteiger partial charge is 0.258 e. The Kier molecular flexibility index (Phi) is 5.65. The van der Waals surface area contributed by atoms with Crippen LogP contribution in [-0.2, 0) is 4.79 Å². The van der Waals surface area contributed by atoms with Crippen LogP contribution in [0, 0.1) is 0 Å². The first-order valence-corrected chi connectivity index (χ1v) is 7.65. The predicted octanol–water partition coefficient (Wildman–Crippen LogP) is 4.36. The lowest BCUT2D eigenvalue weighted by Crippen LogP contribution is -2.31. The number of halogens is 2. The standard InChI is InChI=1S/C16H15BrClNO2/c1-11(14-7-2-3-8-15(14)18)19-16(20)10-21-13-6-4-5-12(17)9-13/h2-9,11H,10H2,1H3,(H,19,20). The summed E-state index contributed by atoms with van der Waals surface area (Å²) in [6.07, 6.45) is 0. The van der Waals surface area contributed by atoms with Crippen LogP contribution in [0.5, 0.6) is 5.75 Å². The molecule has 0 radical (unpaired) electrons. The van der Waals surface area contributed by atoms with Gasteiger partial charge in [-0.05, 0) is 36.8 Å². The third-order valence-electron chi connectivity index (χ3n) is 2.92. The summed E-state index contributed by atoms with van der Waals surface area (Å²) >= 11 is 9.46. The first kappa shape index (κ1) is 15.9. The van der Waals surface area contributed by atoms with Crippen LogP contribution in [0.25, 0.3) is 0 Å². The second-order valence-electron chi connectivity index (χ2n) is 4.56. The minimum absolute atomic E-state index is 0.0365. The summed E-state index contributed by atoms with van der Waals surface area (Å²) in [6, 6.07) is 14.6. The number of hydrogen-bond donors (Lipinski definition) is 1. The lowest BCUT2D eigenvalue weighted by atomic mass is 10.1. The fourth-order valence-corrected chi connectivity index (χ4v) is 2.57. The van der Waals surface area contributed by atoms with Gasteiger partial charge in [-0.3, -0.25) is 4.79 Å². The van der Waals surface area contributed by atoms with E-state index in [1.165, 1.54) is 0 Å². The van der Waals surface area contributed by atoms with E-state index in [4.69, 9.17) is 16.3 Å². The van der Waals surface area contributed by atoms with Gasteiger partial charge >= 0.3 is 0 Å². The molecule has 1 atom stereocenters. The molecule has 0 bridgehead atoms. The molecule has 0 fully saturated rings. The van der Waals surface area contributed by atoms with Gasteiger partial charge in [-0.2, -0.15) is 0 Å². The van der Waals surface area contributed by atoms with Crippen molar-refractivity contribution in [2.45, 2.75) is 13.0 Å². The molecule has 3 nitrogen and oxygen atoms in total. The molecule has 2 aromatic rings. The third kappa shape index (κ3) is 4.76. The van der Waals surface area contributed by atoms with Crippen molar-refractivity contribution < 1.29 is 9.53 Å². The van der Waals surface area contributed by atoms with Crippen LogP contribution < -0.4 is 10.1 Å². The zero-order valence-corrected chi connectivity index (χ0v) is 13.8. The summed E-state index contributed by atoms with van der Waals surface area (Å²) in [5.41, 5.74) is 0.884. The Morgan fingerprint density at radius 1 is 1.29 bits per heavy atom. The number of ether oxygens (including phenoxy) is 1. The second kappa shape index (κ2) is 7.48. The van der Waals surface area contributed by atoms with E-state index in [0.29, 0.717) is 10.8 Å². The van der Waals surface area contributed by atoms with E-state index in [9.17, 15) is 4.79 Å². The van der Waals surface area contributed by atoms with Gasteiger partial charge in [-0.25, -0.2) is 0 Å². The molecule has 0 saturated heterocycles. The Bertz CT molecular complexity index is 633. The van der Waals surface area contributed by atoms with Crippen molar-refractivity contribution in [2.75, 3.05) is 6.61 Å². The highest BCUT2D eigenvalue weighted by Crippen LogP contribution is 2.22. The Morgan fingerprint density at radius 2 is 2.05 bits per heavy atom. The molecule has 0 spiro atoms. The minimum atomic E-state index is -0.192. The molecule has 0 aromatic heterocycles. The molecule has 1 N–H and O–H groups in total.